The number of hydrogen-bond acceptors (Lipinski definition) is 3. The molecule has 0 bridgehead atoms. The first-order valence-corrected chi connectivity index (χ1v) is 8.12. The van der Waals surface area contributed by atoms with Crippen LogP contribution in [-0.4, -0.2) is 27.9 Å². The van der Waals surface area contributed by atoms with Crippen LogP contribution in [0.25, 0.3) is 5.70 Å². The number of amides is 1. The number of rotatable bonds is 3. The average molecular weight is 381 g/mol. The SMILES string of the molecule is N#Cc1ncn2c1N(C(=O)CCCl)CC=C2c1cccc(C(F)(F)F)c1. The molecule has 2 aromatic rings. The first-order chi connectivity index (χ1) is 12.4. The summed E-state index contributed by atoms with van der Waals surface area (Å²) in [6, 6.07) is 6.76. The number of imidazole rings is 1. The van der Waals surface area contributed by atoms with Crippen LogP contribution in [-0.2, 0) is 11.0 Å². The van der Waals surface area contributed by atoms with Crippen molar-refractivity contribution in [1.82, 2.24) is 9.55 Å². The minimum Gasteiger partial charge on any atom is -0.291 e. The van der Waals surface area contributed by atoms with E-state index < -0.39 is 11.7 Å². The number of carbonyl (C=O) groups is 1. The third kappa shape index (κ3) is 3.18. The second-order valence-corrected chi connectivity index (χ2v) is 5.89. The van der Waals surface area contributed by atoms with Crippen LogP contribution in [0.3, 0.4) is 0 Å². The largest absolute Gasteiger partial charge is 0.416 e. The first kappa shape index (κ1) is 18.0. The molecule has 1 aliphatic rings. The van der Waals surface area contributed by atoms with Crippen molar-refractivity contribution in [3.63, 3.8) is 0 Å². The molecule has 1 amide bonds. The molecule has 9 heteroatoms. The summed E-state index contributed by atoms with van der Waals surface area (Å²) in [4.78, 5) is 17.6. The van der Waals surface area contributed by atoms with Gasteiger partial charge in [0.2, 0.25) is 5.91 Å². The molecule has 1 aromatic carbocycles. The Hall–Kier alpha value is -2.79. The van der Waals surface area contributed by atoms with Crippen LogP contribution in [0.2, 0.25) is 0 Å². The molecule has 0 radical (unpaired) electrons. The Labute approximate surface area is 151 Å². The number of alkyl halides is 4. The maximum Gasteiger partial charge on any atom is 0.416 e. The van der Waals surface area contributed by atoms with Crippen molar-refractivity contribution in [1.29, 1.82) is 5.26 Å². The minimum atomic E-state index is -4.47. The normalized spacial score (nSPS) is 13.8. The van der Waals surface area contributed by atoms with Gasteiger partial charge in [0, 0.05) is 18.8 Å². The van der Waals surface area contributed by atoms with E-state index in [2.05, 4.69) is 4.98 Å². The van der Waals surface area contributed by atoms with Gasteiger partial charge in [0.25, 0.3) is 0 Å². The summed E-state index contributed by atoms with van der Waals surface area (Å²) in [5.74, 6) is 0.0605. The van der Waals surface area contributed by atoms with Gasteiger partial charge in [-0.15, -0.1) is 11.6 Å². The van der Waals surface area contributed by atoms with Crippen LogP contribution in [0.5, 0.6) is 0 Å². The van der Waals surface area contributed by atoms with Crippen LogP contribution >= 0.6 is 11.6 Å². The van der Waals surface area contributed by atoms with E-state index in [1.54, 1.807) is 6.08 Å². The predicted octanol–water partition coefficient (Wildman–Crippen LogP) is 3.64. The summed E-state index contributed by atoms with van der Waals surface area (Å²) in [7, 11) is 0. The highest BCUT2D eigenvalue weighted by Crippen LogP contribution is 2.35. The molecule has 0 N–H and O–H groups in total. The molecule has 5 nitrogen and oxygen atoms in total. The Bertz CT molecular complexity index is 927. The molecule has 0 aliphatic carbocycles. The number of halogens is 4. The van der Waals surface area contributed by atoms with E-state index in [0.717, 1.165) is 12.1 Å². The van der Waals surface area contributed by atoms with Crippen molar-refractivity contribution >= 4 is 29.0 Å². The fraction of sp³-hybridized carbons (Fsp3) is 0.235. The molecular weight excluding hydrogens is 369 g/mol. The lowest BCUT2D eigenvalue weighted by atomic mass is 10.1. The molecule has 26 heavy (non-hydrogen) atoms. The lowest BCUT2D eigenvalue weighted by molar-refractivity contribution is -0.137. The van der Waals surface area contributed by atoms with Gasteiger partial charge >= 0.3 is 6.18 Å². The molecule has 1 aromatic heterocycles. The summed E-state index contributed by atoms with van der Waals surface area (Å²) >= 11 is 5.62. The third-order valence-electron chi connectivity index (χ3n) is 3.93. The molecule has 0 fully saturated rings. The molecule has 0 spiro atoms. The Kier molecular flexibility index (Phi) is 4.74. The molecule has 0 unspecified atom stereocenters. The number of nitrogens with zero attached hydrogens (tertiary/aromatic N) is 4. The quantitative estimate of drug-likeness (QED) is 0.764. The number of fused-ring (bicyclic) bond motifs is 1. The van der Waals surface area contributed by atoms with Crippen LogP contribution in [0.1, 0.15) is 23.2 Å². The van der Waals surface area contributed by atoms with Gasteiger partial charge in [0.15, 0.2) is 11.5 Å². The zero-order valence-electron chi connectivity index (χ0n) is 13.3. The van der Waals surface area contributed by atoms with Gasteiger partial charge in [0.1, 0.15) is 12.4 Å². The maximum atomic E-state index is 13.0. The summed E-state index contributed by atoms with van der Waals surface area (Å²) in [5, 5.41) is 9.26. The zero-order valence-corrected chi connectivity index (χ0v) is 14.1. The van der Waals surface area contributed by atoms with Gasteiger partial charge < -0.3 is 0 Å². The zero-order chi connectivity index (χ0) is 18.9. The minimum absolute atomic E-state index is 0.0190. The average Bonchev–Trinajstić information content (AvgIpc) is 3.04. The van der Waals surface area contributed by atoms with E-state index in [4.69, 9.17) is 11.6 Å². The molecule has 0 saturated carbocycles. The van der Waals surface area contributed by atoms with Crippen molar-refractivity contribution in [2.24, 2.45) is 0 Å². The lowest BCUT2D eigenvalue weighted by Crippen LogP contribution is -2.36. The molecule has 1 aliphatic heterocycles. The molecular formula is C17H12ClF3N4O. The van der Waals surface area contributed by atoms with Gasteiger partial charge in [-0.3, -0.25) is 14.3 Å². The van der Waals surface area contributed by atoms with Crippen molar-refractivity contribution in [3.05, 3.63) is 53.5 Å². The van der Waals surface area contributed by atoms with Gasteiger partial charge in [-0.1, -0.05) is 12.1 Å². The number of benzene rings is 1. The highest BCUT2D eigenvalue weighted by atomic mass is 35.5. The molecule has 3 rings (SSSR count). The smallest absolute Gasteiger partial charge is 0.291 e. The molecule has 0 atom stereocenters. The fourth-order valence-electron chi connectivity index (χ4n) is 2.77. The Morgan fingerprint density at radius 1 is 1.38 bits per heavy atom. The van der Waals surface area contributed by atoms with E-state index in [1.165, 1.54) is 27.9 Å². The van der Waals surface area contributed by atoms with E-state index in [1.807, 2.05) is 6.07 Å². The van der Waals surface area contributed by atoms with Crippen LogP contribution < -0.4 is 4.90 Å². The Morgan fingerprint density at radius 3 is 2.81 bits per heavy atom. The first-order valence-electron chi connectivity index (χ1n) is 7.58. The van der Waals surface area contributed by atoms with Crippen molar-refractivity contribution in [2.75, 3.05) is 17.3 Å². The number of aromatic nitrogens is 2. The molecule has 134 valence electrons. The summed E-state index contributed by atoms with van der Waals surface area (Å²) < 4.78 is 40.4. The number of nitriles is 1. The molecule has 0 saturated heterocycles. The van der Waals surface area contributed by atoms with Gasteiger partial charge in [-0.2, -0.15) is 18.4 Å². The second-order valence-electron chi connectivity index (χ2n) is 5.51. The maximum absolute atomic E-state index is 13.0. The van der Waals surface area contributed by atoms with E-state index >= 15 is 0 Å². The van der Waals surface area contributed by atoms with Crippen molar-refractivity contribution in [3.8, 4) is 6.07 Å². The topological polar surface area (TPSA) is 61.9 Å². The number of anilines is 1. The Morgan fingerprint density at radius 2 is 2.15 bits per heavy atom. The summed E-state index contributed by atoms with van der Waals surface area (Å²) in [6.45, 7) is 0.113. The summed E-state index contributed by atoms with van der Waals surface area (Å²) in [6.07, 6.45) is -1.45. The molecule has 2 heterocycles. The van der Waals surface area contributed by atoms with Crippen LogP contribution in [0.15, 0.2) is 36.7 Å². The highest BCUT2D eigenvalue weighted by molar-refractivity contribution is 6.19. The number of hydrogen-bond donors (Lipinski definition) is 0. The van der Waals surface area contributed by atoms with Crippen LogP contribution in [0.4, 0.5) is 19.0 Å². The second kappa shape index (κ2) is 6.84. The van der Waals surface area contributed by atoms with E-state index in [0.29, 0.717) is 11.3 Å². The van der Waals surface area contributed by atoms with Crippen molar-refractivity contribution in [2.45, 2.75) is 12.6 Å². The highest BCUT2D eigenvalue weighted by Gasteiger charge is 2.32. The van der Waals surface area contributed by atoms with Crippen molar-refractivity contribution < 1.29 is 18.0 Å². The number of carbonyl (C=O) groups excluding carboxylic acids is 1. The lowest BCUT2D eigenvalue weighted by Gasteiger charge is -2.28. The summed E-state index contributed by atoms with van der Waals surface area (Å²) in [5.41, 5.74) is -0.0216. The fourth-order valence-corrected chi connectivity index (χ4v) is 2.93. The van der Waals surface area contributed by atoms with E-state index in [9.17, 15) is 23.2 Å². The Balaban J connectivity index is 2.09. The monoisotopic (exact) mass is 380 g/mol. The van der Waals surface area contributed by atoms with Crippen LogP contribution in [0, 0.1) is 11.3 Å². The third-order valence-corrected chi connectivity index (χ3v) is 4.11. The van der Waals surface area contributed by atoms with Gasteiger partial charge in [-0.05, 0) is 23.8 Å². The van der Waals surface area contributed by atoms with Gasteiger partial charge in [-0.25, -0.2) is 4.98 Å². The van der Waals surface area contributed by atoms with Gasteiger partial charge in [0.05, 0.1) is 11.3 Å². The standard InChI is InChI=1S/C17H12ClF3N4O/c18-6-4-15(26)24-7-5-14(25-10-23-13(9-22)16(24)25)11-2-1-3-12(8-11)17(19,20)21/h1-3,5,8,10H,4,6-7H2. The van der Waals surface area contributed by atoms with E-state index in [-0.39, 0.29) is 36.3 Å². The predicted molar refractivity (Wildman–Crippen MR) is 89.5 cm³/mol.